The molecule has 10 atom stereocenters. The van der Waals surface area contributed by atoms with Gasteiger partial charge in [0.15, 0.2) is 0 Å². The number of methoxy groups -OCH3 is 2. The van der Waals surface area contributed by atoms with Gasteiger partial charge in [0.1, 0.15) is 23.7 Å². The van der Waals surface area contributed by atoms with Gasteiger partial charge in [0.2, 0.25) is 11.8 Å². The Labute approximate surface area is 340 Å². The van der Waals surface area contributed by atoms with Crippen molar-refractivity contribution in [2.24, 2.45) is 23.7 Å². The van der Waals surface area contributed by atoms with Gasteiger partial charge in [-0.3, -0.25) is 19.8 Å². The molecule has 10 nitrogen and oxygen atoms in total. The van der Waals surface area contributed by atoms with Gasteiger partial charge in [-0.05, 0) is 123 Å². The summed E-state index contributed by atoms with van der Waals surface area (Å²) in [5, 5.41) is 13.7. The number of pyridine rings is 2. The van der Waals surface area contributed by atoms with E-state index in [1.807, 2.05) is 36.7 Å². The summed E-state index contributed by atoms with van der Waals surface area (Å²) in [6.07, 6.45) is 10.2. The maximum absolute atomic E-state index is 7.30. The SMILES string of the molecule is CCC1CN2CCC1C[C@@H]2C(Oc1nnc(OC(c2ccnc3ccc(OC)cc23)C2C[C@H]3CCN2C[C@@H]3CC)c2ccccc12)c1ccnc2ccc(OC)cc12. The highest BCUT2D eigenvalue weighted by atomic mass is 16.5. The molecule has 0 radical (unpaired) electrons. The van der Waals surface area contributed by atoms with Gasteiger partial charge >= 0.3 is 0 Å². The van der Waals surface area contributed by atoms with Crippen molar-refractivity contribution in [3.63, 3.8) is 0 Å². The lowest BCUT2D eigenvalue weighted by Gasteiger charge is -2.52. The van der Waals surface area contributed by atoms with Crippen molar-refractivity contribution in [2.45, 2.75) is 76.7 Å². The molecule has 4 bridgehead atoms. The zero-order chi connectivity index (χ0) is 39.3. The van der Waals surface area contributed by atoms with Gasteiger partial charge in [-0.15, -0.1) is 10.2 Å². The zero-order valence-corrected chi connectivity index (χ0v) is 34.1. The van der Waals surface area contributed by atoms with Crippen LogP contribution in [0.2, 0.25) is 0 Å². The summed E-state index contributed by atoms with van der Waals surface area (Å²) in [5.41, 5.74) is 4.01. The second kappa shape index (κ2) is 15.6. The van der Waals surface area contributed by atoms with Gasteiger partial charge in [-0.1, -0.05) is 38.8 Å². The summed E-state index contributed by atoms with van der Waals surface area (Å²) < 4.78 is 26.0. The molecule has 3 aromatic carbocycles. The topological polar surface area (TPSA) is 95.0 Å². The van der Waals surface area contributed by atoms with E-state index in [-0.39, 0.29) is 24.3 Å². The van der Waals surface area contributed by atoms with E-state index in [4.69, 9.17) is 39.1 Å². The van der Waals surface area contributed by atoms with Crippen molar-refractivity contribution in [2.75, 3.05) is 40.4 Å². The number of aromatic nitrogens is 4. The minimum atomic E-state index is -0.300. The smallest absolute Gasteiger partial charge is 0.242 e. The third-order valence-corrected chi connectivity index (χ3v) is 14.3. The molecule has 0 amide bonds. The molecule has 10 heteroatoms. The summed E-state index contributed by atoms with van der Waals surface area (Å²) in [4.78, 5) is 14.8. The Morgan fingerprint density at radius 2 is 1.07 bits per heavy atom. The Morgan fingerprint density at radius 3 is 1.47 bits per heavy atom. The number of benzene rings is 3. The highest BCUT2D eigenvalue weighted by molar-refractivity contribution is 5.91. The summed E-state index contributed by atoms with van der Waals surface area (Å²) >= 11 is 0. The predicted molar refractivity (Wildman–Crippen MR) is 227 cm³/mol. The number of hydrogen-bond acceptors (Lipinski definition) is 10. The minimum Gasteiger partial charge on any atom is -0.497 e. The number of hydrogen-bond donors (Lipinski definition) is 0. The number of ether oxygens (including phenoxy) is 4. The third-order valence-electron chi connectivity index (χ3n) is 14.3. The van der Waals surface area contributed by atoms with E-state index in [1.54, 1.807) is 14.2 Å². The molecule has 6 aliphatic heterocycles. The van der Waals surface area contributed by atoms with Gasteiger partial charge in [-0.2, -0.15) is 0 Å². The van der Waals surface area contributed by atoms with Crippen molar-refractivity contribution >= 4 is 32.6 Å². The van der Waals surface area contributed by atoms with Crippen molar-refractivity contribution in [3.8, 4) is 23.3 Å². The largest absolute Gasteiger partial charge is 0.497 e. The maximum atomic E-state index is 7.30. The third kappa shape index (κ3) is 6.58. The van der Waals surface area contributed by atoms with Crippen LogP contribution in [-0.4, -0.2) is 82.4 Å². The van der Waals surface area contributed by atoms with Crippen molar-refractivity contribution in [3.05, 3.63) is 96.3 Å². The standard InChI is InChI=1S/C48H54N6O4/c1-5-29-27-53-21-17-31(29)23-43(53)45(35-15-19-49-41-13-11-33(55-3)25-39(35)41)57-47-37-9-7-8-10-38(37)48(52-51-47)58-46(44-24-32-18-22-54(44)28-30(32)6-2)36-16-20-50-42-14-12-34(56-4)26-40(36)42/h7-16,19-20,25-26,29-32,43-46H,5-6,17-18,21-24,27-28H2,1-4H3/t29-,30?,31+,32?,43?,44+,45?,46?/m0/s1. The number of piperidine rings is 6. The quantitative estimate of drug-likeness (QED) is 0.120. The molecule has 6 saturated heterocycles. The van der Waals surface area contributed by atoms with E-state index in [0.29, 0.717) is 35.4 Å². The van der Waals surface area contributed by atoms with Crippen molar-refractivity contribution in [1.29, 1.82) is 0 Å². The Balaban J connectivity index is 1.06. The van der Waals surface area contributed by atoms with Crippen LogP contribution in [-0.2, 0) is 0 Å². The number of fused-ring (bicyclic) bond motifs is 9. The Hall–Kier alpha value is -5.06. The van der Waals surface area contributed by atoms with Crippen LogP contribution in [0.3, 0.4) is 0 Å². The number of rotatable bonds is 12. The fraction of sp³-hybridized carbons (Fsp3) is 0.458. The highest BCUT2D eigenvalue weighted by Crippen LogP contribution is 2.47. The van der Waals surface area contributed by atoms with Crippen LogP contribution in [0.1, 0.15) is 75.7 Å². The fourth-order valence-corrected chi connectivity index (χ4v) is 11.1. The summed E-state index contributed by atoms with van der Waals surface area (Å²) in [5.74, 6) is 5.39. The van der Waals surface area contributed by atoms with E-state index in [0.717, 1.165) is 94.2 Å². The second-order valence-corrected chi connectivity index (χ2v) is 17.0. The molecule has 7 unspecified atom stereocenters. The molecule has 0 saturated carbocycles. The molecule has 12 rings (SSSR count). The van der Waals surface area contributed by atoms with Crippen LogP contribution in [0, 0.1) is 23.7 Å². The van der Waals surface area contributed by atoms with Gasteiger partial charge in [0.05, 0.1) is 48.1 Å². The fourth-order valence-electron chi connectivity index (χ4n) is 11.1. The van der Waals surface area contributed by atoms with E-state index in [2.05, 4.69) is 72.2 Å². The Morgan fingerprint density at radius 1 is 0.603 bits per heavy atom. The molecule has 9 heterocycles. The monoisotopic (exact) mass is 778 g/mol. The van der Waals surface area contributed by atoms with Crippen LogP contribution in [0.25, 0.3) is 32.6 Å². The average molecular weight is 779 g/mol. The van der Waals surface area contributed by atoms with Crippen molar-refractivity contribution in [1.82, 2.24) is 30.0 Å². The molecule has 3 aromatic heterocycles. The lowest BCUT2D eigenvalue weighted by Crippen LogP contribution is -2.56. The Kier molecular flexibility index (Phi) is 10.0. The molecule has 6 aromatic rings. The first-order valence-corrected chi connectivity index (χ1v) is 21.5. The van der Waals surface area contributed by atoms with Crippen LogP contribution >= 0.6 is 0 Å². The zero-order valence-electron chi connectivity index (χ0n) is 34.1. The molecule has 6 aliphatic rings. The van der Waals surface area contributed by atoms with Gasteiger partial charge in [-0.25, -0.2) is 0 Å². The lowest BCUT2D eigenvalue weighted by atomic mass is 9.72. The molecule has 58 heavy (non-hydrogen) atoms. The van der Waals surface area contributed by atoms with Crippen LogP contribution in [0.15, 0.2) is 85.2 Å². The minimum absolute atomic E-state index is 0.180. The first-order chi connectivity index (χ1) is 28.5. The first-order valence-electron chi connectivity index (χ1n) is 21.5. The lowest BCUT2D eigenvalue weighted by molar-refractivity contribution is -0.0505. The van der Waals surface area contributed by atoms with E-state index >= 15 is 0 Å². The Bertz CT molecular complexity index is 2280. The molecule has 6 fully saturated rings. The van der Waals surface area contributed by atoms with E-state index in [9.17, 15) is 0 Å². The molecule has 300 valence electrons. The summed E-state index contributed by atoms with van der Waals surface area (Å²) in [7, 11) is 3.42. The van der Waals surface area contributed by atoms with Gasteiger partial charge in [0, 0.05) is 47.4 Å². The maximum Gasteiger partial charge on any atom is 0.242 e. The van der Waals surface area contributed by atoms with E-state index in [1.165, 1.54) is 25.7 Å². The average Bonchev–Trinajstić information content (AvgIpc) is 3.29. The molecule has 0 N–H and O–H groups in total. The molecule has 0 spiro atoms. The second-order valence-electron chi connectivity index (χ2n) is 17.0. The van der Waals surface area contributed by atoms with Gasteiger partial charge in [0.25, 0.3) is 0 Å². The number of nitrogens with zero attached hydrogens (tertiary/aromatic N) is 6. The highest BCUT2D eigenvalue weighted by Gasteiger charge is 2.46. The molecule has 0 aliphatic carbocycles. The molecular formula is C48H54N6O4. The first kappa shape index (κ1) is 37.2. The van der Waals surface area contributed by atoms with Crippen LogP contribution in [0.4, 0.5) is 0 Å². The van der Waals surface area contributed by atoms with Crippen LogP contribution < -0.4 is 18.9 Å². The normalized spacial score (nSPS) is 27.4. The molecular weight excluding hydrogens is 725 g/mol. The van der Waals surface area contributed by atoms with Crippen LogP contribution in [0.5, 0.6) is 23.3 Å². The summed E-state index contributed by atoms with van der Waals surface area (Å²) in [6, 6.07) is 25.1. The van der Waals surface area contributed by atoms with Crippen molar-refractivity contribution < 1.29 is 18.9 Å². The van der Waals surface area contributed by atoms with Gasteiger partial charge < -0.3 is 18.9 Å². The van der Waals surface area contributed by atoms with E-state index < -0.39 is 0 Å². The summed E-state index contributed by atoms with van der Waals surface area (Å²) in [6.45, 7) is 9.00. The predicted octanol–water partition coefficient (Wildman–Crippen LogP) is 9.22.